The first kappa shape index (κ1) is 28.7. The molecule has 0 saturated heterocycles. The zero-order valence-corrected chi connectivity index (χ0v) is 22.4. The number of aromatic nitrogens is 2. The van der Waals surface area contributed by atoms with Crippen LogP contribution in [0.1, 0.15) is 44.4 Å². The molecule has 0 aliphatic heterocycles. The Morgan fingerprint density at radius 1 is 1.21 bits per heavy atom. The molecule has 2 aromatic heterocycles. The maximum atomic E-state index is 13.5. The number of hydrogen-bond donors (Lipinski definition) is 1. The highest BCUT2D eigenvalue weighted by atomic mass is 35.5. The number of allylic oxidation sites excluding steroid dienone is 3. The highest BCUT2D eigenvalue weighted by Gasteiger charge is 2.22. The van der Waals surface area contributed by atoms with Crippen LogP contribution < -0.4 is 10.5 Å². The molecule has 1 N–H and O–H groups in total. The minimum Gasteiger partial charge on any atom is -0.488 e. The van der Waals surface area contributed by atoms with Crippen molar-refractivity contribution in [2.24, 2.45) is 0 Å². The summed E-state index contributed by atoms with van der Waals surface area (Å²) in [6.07, 6.45) is 5.19. The van der Waals surface area contributed by atoms with E-state index in [-0.39, 0.29) is 28.8 Å². The molecule has 1 amide bonds. The van der Waals surface area contributed by atoms with Gasteiger partial charge >= 0.3 is 0 Å². The number of anilines is 1. The second-order valence-electron chi connectivity index (χ2n) is 9.18. The summed E-state index contributed by atoms with van der Waals surface area (Å²) < 4.78 is 33.8. The SMILES string of the molecule is C/C(=C/C(OCc1ccc(F)c(F)c1)=C(\C)Cl)N(C=O)c1cc(-n2cccc(C(C)(C)O)c2=O)ncc1C. The number of amides is 1. The number of carbonyl (C=O) groups excluding carboxylic acids is 1. The second kappa shape index (κ2) is 11.7. The van der Waals surface area contributed by atoms with Crippen LogP contribution in [0.15, 0.2) is 76.2 Å². The molecule has 3 aromatic rings. The van der Waals surface area contributed by atoms with Crippen LogP contribution in [-0.2, 0) is 21.7 Å². The van der Waals surface area contributed by atoms with Crippen LogP contribution in [0, 0.1) is 18.6 Å². The van der Waals surface area contributed by atoms with E-state index in [2.05, 4.69) is 4.98 Å². The molecule has 38 heavy (non-hydrogen) atoms. The Labute approximate surface area is 224 Å². The Balaban J connectivity index is 1.96. The summed E-state index contributed by atoms with van der Waals surface area (Å²) in [7, 11) is 0. The van der Waals surface area contributed by atoms with Crippen molar-refractivity contribution in [1.82, 2.24) is 9.55 Å². The van der Waals surface area contributed by atoms with E-state index in [1.54, 1.807) is 39.0 Å². The zero-order chi connectivity index (χ0) is 28.2. The molecular weight excluding hydrogens is 516 g/mol. The number of halogens is 3. The summed E-state index contributed by atoms with van der Waals surface area (Å²) in [6, 6.07) is 8.18. The van der Waals surface area contributed by atoms with Crippen LogP contribution in [0.5, 0.6) is 0 Å². The van der Waals surface area contributed by atoms with Crippen molar-refractivity contribution < 1.29 is 23.4 Å². The first-order chi connectivity index (χ1) is 17.8. The van der Waals surface area contributed by atoms with Crippen LogP contribution in [0.3, 0.4) is 0 Å². The number of aliphatic hydroxyl groups is 1. The number of rotatable bonds is 9. The quantitative estimate of drug-likeness (QED) is 0.216. The fourth-order valence-corrected chi connectivity index (χ4v) is 3.76. The van der Waals surface area contributed by atoms with E-state index in [9.17, 15) is 23.5 Å². The first-order valence-corrected chi connectivity index (χ1v) is 12.0. The number of aryl methyl sites for hydroxylation is 1. The minimum absolute atomic E-state index is 0.0830. The fraction of sp³-hybridized carbons (Fsp3) is 0.250. The van der Waals surface area contributed by atoms with Gasteiger partial charge in [-0.25, -0.2) is 13.8 Å². The molecule has 0 spiro atoms. The van der Waals surface area contributed by atoms with Gasteiger partial charge in [0.25, 0.3) is 5.56 Å². The third-order valence-electron chi connectivity index (χ3n) is 5.72. The van der Waals surface area contributed by atoms with Crippen molar-refractivity contribution in [3.8, 4) is 5.82 Å². The molecule has 0 radical (unpaired) electrons. The fourth-order valence-electron chi connectivity index (χ4n) is 3.65. The summed E-state index contributed by atoms with van der Waals surface area (Å²) in [6.45, 7) is 7.96. The van der Waals surface area contributed by atoms with E-state index < -0.39 is 22.8 Å². The molecule has 7 nitrogen and oxygen atoms in total. The van der Waals surface area contributed by atoms with E-state index in [4.69, 9.17) is 16.3 Å². The number of carbonyl (C=O) groups is 1. The van der Waals surface area contributed by atoms with Crippen molar-refractivity contribution in [1.29, 1.82) is 0 Å². The van der Waals surface area contributed by atoms with E-state index in [1.165, 1.54) is 47.9 Å². The van der Waals surface area contributed by atoms with Crippen LogP contribution in [0.25, 0.3) is 5.82 Å². The maximum Gasteiger partial charge on any atom is 0.262 e. The maximum absolute atomic E-state index is 13.5. The van der Waals surface area contributed by atoms with Crippen LogP contribution in [0.4, 0.5) is 14.5 Å². The highest BCUT2D eigenvalue weighted by molar-refractivity contribution is 6.29. The lowest BCUT2D eigenvalue weighted by Gasteiger charge is -2.22. The monoisotopic (exact) mass is 543 g/mol. The van der Waals surface area contributed by atoms with Crippen molar-refractivity contribution in [3.05, 3.63) is 110 Å². The average molecular weight is 544 g/mol. The summed E-state index contributed by atoms with van der Waals surface area (Å²) in [5, 5.41) is 10.6. The third kappa shape index (κ3) is 6.54. The van der Waals surface area contributed by atoms with Crippen molar-refractivity contribution in [3.63, 3.8) is 0 Å². The van der Waals surface area contributed by atoms with Gasteiger partial charge in [0, 0.05) is 35.8 Å². The normalized spacial score (nSPS) is 12.7. The number of hydrogen-bond acceptors (Lipinski definition) is 5. The molecule has 10 heteroatoms. The standard InChI is InChI=1S/C28H28ClF2N3O4/c1-17-14-32-26(33-10-6-7-21(27(33)36)28(4,5)37)13-24(17)34(16-35)18(2)11-25(19(3)29)38-15-20-8-9-22(30)23(31)12-20/h6-14,16,37H,15H2,1-5H3/b18-11-,25-19-. The Kier molecular flexibility index (Phi) is 8.85. The lowest BCUT2D eigenvalue weighted by Crippen LogP contribution is -2.31. The van der Waals surface area contributed by atoms with Crippen molar-refractivity contribution in [2.45, 2.75) is 46.8 Å². The lowest BCUT2D eigenvalue weighted by molar-refractivity contribution is -0.107. The van der Waals surface area contributed by atoms with Gasteiger partial charge in [-0.1, -0.05) is 17.7 Å². The molecular formula is C28H28ClF2N3O4. The third-order valence-corrected chi connectivity index (χ3v) is 5.90. The Morgan fingerprint density at radius 3 is 2.53 bits per heavy atom. The summed E-state index contributed by atoms with van der Waals surface area (Å²) in [5.74, 6) is -1.48. The molecule has 0 aliphatic carbocycles. The van der Waals surface area contributed by atoms with Crippen LogP contribution >= 0.6 is 11.6 Å². The zero-order valence-electron chi connectivity index (χ0n) is 21.6. The Hall–Kier alpha value is -3.82. The molecule has 3 rings (SSSR count). The topological polar surface area (TPSA) is 84.7 Å². The van der Waals surface area contributed by atoms with Gasteiger partial charge in [0.2, 0.25) is 6.41 Å². The van der Waals surface area contributed by atoms with Gasteiger partial charge in [0.05, 0.1) is 16.3 Å². The molecule has 2 heterocycles. The van der Waals surface area contributed by atoms with E-state index in [1.807, 2.05) is 0 Å². The van der Waals surface area contributed by atoms with Gasteiger partial charge in [-0.3, -0.25) is 19.1 Å². The predicted octanol–water partition coefficient (Wildman–Crippen LogP) is 5.60. The summed E-state index contributed by atoms with van der Waals surface area (Å²) in [4.78, 5) is 30.9. The van der Waals surface area contributed by atoms with E-state index in [0.29, 0.717) is 28.9 Å². The molecule has 0 fully saturated rings. The van der Waals surface area contributed by atoms with Crippen LogP contribution in [-0.4, -0.2) is 21.1 Å². The number of pyridine rings is 2. The van der Waals surface area contributed by atoms with Gasteiger partial charge in [0.1, 0.15) is 18.2 Å². The van der Waals surface area contributed by atoms with Gasteiger partial charge in [-0.15, -0.1) is 0 Å². The molecule has 0 atom stereocenters. The van der Waals surface area contributed by atoms with Gasteiger partial charge in [0.15, 0.2) is 11.6 Å². The summed E-state index contributed by atoms with van der Waals surface area (Å²) in [5.41, 5.74) is 0.314. The number of benzene rings is 1. The van der Waals surface area contributed by atoms with Crippen LogP contribution in [0.2, 0.25) is 0 Å². The molecule has 0 aliphatic rings. The summed E-state index contributed by atoms with van der Waals surface area (Å²) >= 11 is 6.21. The Bertz CT molecular complexity index is 1470. The largest absolute Gasteiger partial charge is 0.488 e. The number of nitrogens with zero attached hydrogens (tertiary/aromatic N) is 3. The van der Waals surface area contributed by atoms with Gasteiger partial charge < -0.3 is 9.84 Å². The molecule has 0 unspecified atom stereocenters. The predicted molar refractivity (Wildman–Crippen MR) is 142 cm³/mol. The second-order valence-corrected chi connectivity index (χ2v) is 9.75. The average Bonchev–Trinajstić information content (AvgIpc) is 2.84. The lowest BCUT2D eigenvalue weighted by atomic mass is 10.0. The Morgan fingerprint density at radius 2 is 1.92 bits per heavy atom. The van der Waals surface area contributed by atoms with Gasteiger partial charge in [-0.2, -0.15) is 0 Å². The molecule has 0 bridgehead atoms. The molecule has 1 aromatic carbocycles. The highest BCUT2D eigenvalue weighted by Crippen LogP contribution is 2.26. The molecule has 0 saturated carbocycles. The smallest absolute Gasteiger partial charge is 0.262 e. The molecule has 200 valence electrons. The van der Waals surface area contributed by atoms with Crippen molar-refractivity contribution in [2.75, 3.05) is 4.90 Å². The minimum atomic E-state index is -1.36. The van der Waals surface area contributed by atoms with Gasteiger partial charge in [-0.05, 0) is 70.0 Å². The van der Waals surface area contributed by atoms with Crippen molar-refractivity contribution >= 4 is 23.7 Å². The van der Waals surface area contributed by atoms with E-state index in [0.717, 1.165) is 12.1 Å². The number of ether oxygens (including phenoxy) is 1. The van der Waals surface area contributed by atoms with E-state index >= 15 is 0 Å². The first-order valence-electron chi connectivity index (χ1n) is 11.6.